The lowest BCUT2D eigenvalue weighted by Gasteiger charge is -2.31. The Morgan fingerprint density at radius 1 is 1.15 bits per heavy atom. The van der Waals surface area contributed by atoms with E-state index in [0.717, 1.165) is 31.8 Å². The summed E-state index contributed by atoms with van der Waals surface area (Å²) in [4.78, 5) is 14.4. The molecule has 1 amide bonds. The molecule has 1 saturated heterocycles. The second kappa shape index (κ2) is 6.46. The summed E-state index contributed by atoms with van der Waals surface area (Å²) in [5.41, 5.74) is 6.49. The largest absolute Gasteiger partial charge is 0.343 e. The first-order chi connectivity index (χ1) is 9.01. The zero-order valence-corrected chi connectivity index (χ0v) is 14.3. The van der Waals surface area contributed by atoms with Gasteiger partial charge in [0.2, 0.25) is 5.91 Å². The molecule has 1 aliphatic rings. The van der Waals surface area contributed by atoms with Crippen LogP contribution in [0.1, 0.15) is 67.2 Å². The number of rotatable bonds is 2. The first kappa shape index (κ1) is 17.5. The van der Waals surface area contributed by atoms with Gasteiger partial charge in [0.05, 0.1) is 0 Å². The van der Waals surface area contributed by atoms with Crippen LogP contribution in [0.4, 0.5) is 0 Å². The van der Waals surface area contributed by atoms with Gasteiger partial charge in [-0.2, -0.15) is 0 Å². The lowest BCUT2D eigenvalue weighted by molar-refractivity contribution is -0.132. The lowest BCUT2D eigenvalue weighted by Crippen LogP contribution is -2.42. The Hall–Kier alpha value is -0.570. The first-order valence-electron chi connectivity index (χ1n) is 8.05. The van der Waals surface area contributed by atoms with Crippen molar-refractivity contribution in [3.8, 4) is 0 Å². The molecule has 3 nitrogen and oxygen atoms in total. The number of hydrogen-bond acceptors (Lipinski definition) is 2. The van der Waals surface area contributed by atoms with Crippen molar-refractivity contribution in [3.63, 3.8) is 0 Å². The van der Waals surface area contributed by atoms with Crippen molar-refractivity contribution in [1.29, 1.82) is 0 Å². The molecule has 0 saturated carbocycles. The van der Waals surface area contributed by atoms with E-state index in [0.29, 0.717) is 11.8 Å². The van der Waals surface area contributed by atoms with Crippen molar-refractivity contribution in [1.82, 2.24) is 4.90 Å². The zero-order valence-electron chi connectivity index (χ0n) is 14.3. The SMILES string of the molecule is CC(C)(C)C(N)CC(=O)N1CCCC(C(C)(C)C)CC1. The fourth-order valence-electron chi connectivity index (χ4n) is 2.84. The zero-order chi connectivity index (χ0) is 15.6. The van der Waals surface area contributed by atoms with Crippen LogP contribution in [0, 0.1) is 16.7 Å². The van der Waals surface area contributed by atoms with Crippen LogP contribution in [0.3, 0.4) is 0 Å². The first-order valence-corrected chi connectivity index (χ1v) is 8.05. The third-order valence-corrected chi connectivity index (χ3v) is 4.81. The Bertz CT molecular complexity index is 325. The molecule has 2 N–H and O–H groups in total. The van der Waals surface area contributed by atoms with Gasteiger partial charge in [-0.3, -0.25) is 4.79 Å². The minimum absolute atomic E-state index is 0.00451. The van der Waals surface area contributed by atoms with E-state index in [1.807, 2.05) is 4.90 Å². The van der Waals surface area contributed by atoms with Gasteiger partial charge in [-0.05, 0) is 36.0 Å². The Labute approximate surface area is 125 Å². The molecule has 0 spiro atoms. The van der Waals surface area contributed by atoms with E-state index in [4.69, 9.17) is 5.73 Å². The summed E-state index contributed by atoms with van der Waals surface area (Å²) >= 11 is 0. The average Bonchev–Trinajstić information content (AvgIpc) is 2.51. The van der Waals surface area contributed by atoms with E-state index in [1.54, 1.807) is 0 Å². The van der Waals surface area contributed by atoms with Crippen LogP contribution in [-0.4, -0.2) is 29.9 Å². The highest BCUT2D eigenvalue weighted by atomic mass is 16.2. The molecule has 0 radical (unpaired) electrons. The van der Waals surface area contributed by atoms with Crippen molar-refractivity contribution in [2.75, 3.05) is 13.1 Å². The molecule has 2 atom stereocenters. The molecular weight excluding hydrogens is 248 g/mol. The highest BCUT2D eigenvalue weighted by Crippen LogP contribution is 2.34. The van der Waals surface area contributed by atoms with Crippen molar-refractivity contribution in [2.24, 2.45) is 22.5 Å². The summed E-state index contributed by atoms with van der Waals surface area (Å²) in [6.45, 7) is 15.0. The fourth-order valence-corrected chi connectivity index (χ4v) is 2.84. The van der Waals surface area contributed by atoms with Crippen LogP contribution in [0.15, 0.2) is 0 Å². The maximum absolute atomic E-state index is 12.4. The van der Waals surface area contributed by atoms with Crippen LogP contribution in [0.25, 0.3) is 0 Å². The minimum Gasteiger partial charge on any atom is -0.343 e. The summed E-state index contributed by atoms with van der Waals surface area (Å²) in [7, 11) is 0. The third kappa shape index (κ3) is 5.08. The van der Waals surface area contributed by atoms with Crippen molar-refractivity contribution in [3.05, 3.63) is 0 Å². The Morgan fingerprint density at radius 2 is 1.75 bits per heavy atom. The third-order valence-electron chi connectivity index (χ3n) is 4.81. The summed E-state index contributed by atoms with van der Waals surface area (Å²) in [6, 6.07) is -0.0586. The van der Waals surface area contributed by atoms with Gasteiger partial charge >= 0.3 is 0 Å². The summed E-state index contributed by atoms with van der Waals surface area (Å²) in [5.74, 6) is 0.957. The van der Waals surface area contributed by atoms with Gasteiger partial charge in [-0.15, -0.1) is 0 Å². The quantitative estimate of drug-likeness (QED) is 0.843. The molecule has 1 rings (SSSR count). The van der Waals surface area contributed by atoms with Gasteiger partial charge in [0.25, 0.3) is 0 Å². The van der Waals surface area contributed by atoms with E-state index in [9.17, 15) is 4.79 Å². The molecule has 0 bridgehead atoms. The highest BCUT2D eigenvalue weighted by molar-refractivity contribution is 5.76. The van der Waals surface area contributed by atoms with E-state index >= 15 is 0 Å². The molecule has 1 fully saturated rings. The summed E-state index contributed by atoms with van der Waals surface area (Å²) in [6.07, 6.45) is 3.96. The molecule has 20 heavy (non-hydrogen) atoms. The van der Waals surface area contributed by atoms with Gasteiger partial charge in [-0.1, -0.05) is 41.5 Å². The monoisotopic (exact) mass is 282 g/mol. The maximum atomic E-state index is 12.4. The predicted molar refractivity (Wildman–Crippen MR) is 85.4 cm³/mol. The van der Waals surface area contributed by atoms with Crippen molar-refractivity contribution >= 4 is 5.91 Å². The number of nitrogens with two attached hydrogens (primary N) is 1. The van der Waals surface area contributed by atoms with Crippen LogP contribution >= 0.6 is 0 Å². The van der Waals surface area contributed by atoms with Gasteiger partial charge in [0, 0.05) is 25.6 Å². The van der Waals surface area contributed by atoms with Crippen molar-refractivity contribution in [2.45, 2.75) is 73.3 Å². The van der Waals surface area contributed by atoms with E-state index in [2.05, 4.69) is 41.5 Å². The van der Waals surface area contributed by atoms with Gasteiger partial charge < -0.3 is 10.6 Å². The number of hydrogen-bond donors (Lipinski definition) is 1. The molecule has 118 valence electrons. The fraction of sp³-hybridized carbons (Fsp3) is 0.941. The Balaban J connectivity index is 2.55. The van der Waals surface area contributed by atoms with E-state index < -0.39 is 0 Å². The van der Waals surface area contributed by atoms with Crippen LogP contribution < -0.4 is 5.73 Å². The predicted octanol–water partition coefficient (Wildman–Crippen LogP) is 3.42. The van der Waals surface area contributed by atoms with Crippen LogP contribution in [0.5, 0.6) is 0 Å². The molecule has 0 aromatic carbocycles. The summed E-state index contributed by atoms with van der Waals surface area (Å²) < 4.78 is 0. The molecule has 2 unspecified atom stereocenters. The maximum Gasteiger partial charge on any atom is 0.224 e. The normalized spacial score (nSPS) is 23.4. The van der Waals surface area contributed by atoms with Crippen LogP contribution in [-0.2, 0) is 4.79 Å². The smallest absolute Gasteiger partial charge is 0.224 e. The Kier molecular flexibility index (Phi) is 5.65. The lowest BCUT2D eigenvalue weighted by atomic mass is 9.77. The second-order valence-corrected chi connectivity index (χ2v) is 8.55. The number of carbonyl (C=O) groups is 1. The molecule has 0 aromatic rings. The Morgan fingerprint density at radius 3 is 2.25 bits per heavy atom. The van der Waals surface area contributed by atoms with Crippen LogP contribution in [0.2, 0.25) is 0 Å². The van der Waals surface area contributed by atoms with Crippen molar-refractivity contribution < 1.29 is 4.79 Å². The van der Waals surface area contributed by atoms with Gasteiger partial charge in [0.1, 0.15) is 0 Å². The highest BCUT2D eigenvalue weighted by Gasteiger charge is 2.30. The number of nitrogens with zero attached hydrogens (tertiary/aromatic N) is 1. The topological polar surface area (TPSA) is 46.3 Å². The average molecular weight is 282 g/mol. The number of likely N-dealkylation sites (tertiary alicyclic amines) is 1. The molecule has 3 heteroatoms. The molecule has 1 aliphatic heterocycles. The van der Waals surface area contributed by atoms with Gasteiger partial charge in [-0.25, -0.2) is 0 Å². The van der Waals surface area contributed by atoms with E-state index in [1.165, 1.54) is 6.42 Å². The molecule has 1 heterocycles. The second-order valence-electron chi connectivity index (χ2n) is 8.55. The standard InChI is InChI=1S/C17H34N2O/c1-16(2,3)13-8-7-10-19(11-9-13)15(20)12-14(18)17(4,5)6/h13-14H,7-12,18H2,1-6H3. The number of carbonyl (C=O) groups excluding carboxylic acids is 1. The molecule has 0 aliphatic carbocycles. The molecule has 0 aromatic heterocycles. The van der Waals surface area contributed by atoms with E-state index in [-0.39, 0.29) is 17.4 Å². The van der Waals surface area contributed by atoms with Gasteiger partial charge in [0.15, 0.2) is 0 Å². The number of amides is 1. The summed E-state index contributed by atoms with van der Waals surface area (Å²) in [5, 5.41) is 0. The molecular formula is C17H34N2O. The minimum atomic E-state index is -0.0586.